The van der Waals surface area contributed by atoms with E-state index in [0.29, 0.717) is 5.92 Å². The van der Waals surface area contributed by atoms with Crippen LogP contribution in [0, 0.1) is 11.8 Å². The van der Waals surface area contributed by atoms with Crippen LogP contribution in [0.1, 0.15) is 125 Å². The Hall–Kier alpha value is -1.13. The van der Waals surface area contributed by atoms with E-state index in [9.17, 15) is 4.79 Å². The van der Waals surface area contributed by atoms with Crippen LogP contribution in [0.15, 0.2) is 53.0 Å². The second-order valence-corrected chi connectivity index (χ2v) is 28.1. The van der Waals surface area contributed by atoms with Crippen molar-refractivity contribution in [3.05, 3.63) is 58.5 Å². The van der Waals surface area contributed by atoms with Crippen molar-refractivity contribution in [3.8, 4) is 0 Å². The zero-order valence-corrected chi connectivity index (χ0v) is 35.7. The van der Waals surface area contributed by atoms with Crippen LogP contribution in [-0.4, -0.2) is 45.7 Å². The number of aliphatic carboxylic acids is 1. The number of hydrogen-bond acceptors (Lipinski definition) is 4. The molecule has 0 amide bonds. The Labute approximate surface area is 302 Å². The van der Waals surface area contributed by atoms with Gasteiger partial charge in [-0.2, -0.15) is 0 Å². The molecule has 1 aliphatic carbocycles. The van der Waals surface area contributed by atoms with Gasteiger partial charge in [-0.05, 0) is 96.9 Å². The quantitative estimate of drug-likeness (QED) is 0.0780. The third kappa shape index (κ3) is 14.2. The van der Waals surface area contributed by atoms with Gasteiger partial charge in [-0.15, -0.1) is 11.8 Å². The minimum Gasteiger partial charge on any atom is -0.481 e. The molecule has 0 fully saturated rings. The highest BCUT2D eigenvalue weighted by Gasteiger charge is 2.44. The fourth-order valence-corrected chi connectivity index (χ4v) is 9.90. The van der Waals surface area contributed by atoms with Gasteiger partial charge in [0.1, 0.15) is 0 Å². The van der Waals surface area contributed by atoms with Gasteiger partial charge in [0.05, 0.1) is 12.2 Å². The summed E-state index contributed by atoms with van der Waals surface area (Å²) in [6.07, 6.45) is 16.0. The number of hydrogen-bond donors (Lipinski definition) is 1. The Morgan fingerprint density at radius 2 is 1.60 bits per heavy atom. The standard InChI is InChI=1S/C41H72O4SSi2/c1-13-14-21-32(2)30-35(44-47(9,10)40(3,4)5)27-28-36-37(45-48(11,12)41(6,7)8)31-34(26-25-33-22-17-15-18-23-33)39(36)46-29-20-16-19-24-38(42)43/h15,17-18,22-23,27-28,32,35-37H,13-14,16,19-21,24-26,29-31H2,1-12H3,(H,42,43)/b28-27+/t32?,35?,36-,37+/m0/s1. The summed E-state index contributed by atoms with van der Waals surface area (Å²) in [6, 6.07) is 10.9. The van der Waals surface area contributed by atoms with Gasteiger partial charge < -0.3 is 14.0 Å². The zero-order chi connectivity index (χ0) is 36.2. The highest BCUT2D eigenvalue weighted by atomic mass is 32.2. The minimum atomic E-state index is -2.03. The smallest absolute Gasteiger partial charge is 0.303 e. The number of thioether (sulfide) groups is 1. The molecule has 0 saturated heterocycles. The van der Waals surface area contributed by atoms with E-state index in [2.05, 4.69) is 124 Å². The first-order valence-electron chi connectivity index (χ1n) is 18.9. The van der Waals surface area contributed by atoms with Crippen LogP contribution < -0.4 is 0 Å². The second kappa shape index (κ2) is 19.5. The molecule has 0 heterocycles. The Balaban J connectivity index is 2.50. The topological polar surface area (TPSA) is 55.8 Å². The summed E-state index contributed by atoms with van der Waals surface area (Å²) in [5.74, 6) is 1.15. The predicted molar refractivity (Wildman–Crippen MR) is 215 cm³/mol. The first-order chi connectivity index (χ1) is 22.3. The molecule has 274 valence electrons. The van der Waals surface area contributed by atoms with Gasteiger partial charge in [0, 0.05) is 12.3 Å². The molecule has 0 spiro atoms. The molecule has 2 rings (SSSR count). The van der Waals surface area contributed by atoms with Crippen molar-refractivity contribution in [2.24, 2.45) is 11.8 Å². The largest absolute Gasteiger partial charge is 0.481 e. The lowest BCUT2D eigenvalue weighted by Gasteiger charge is -2.40. The lowest BCUT2D eigenvalue weighted by atomic mass is 9.96. The normalized spacial score (nSPS) is 19.3. The molecule has 0 saturated carbocycles. The molecule has 1 aromatic rings. The first kappa shape index (κ1) is 43.0. The van der Waals surface area contributed by atoms with Crippen LogP contribution in [0.3, 0.4) is 0 Å². The van der Waals surface area contributed by atoms with E-state index in [1.165, 1.54) is 29.7 Å². The minimum absolute atomic E-state index is 0.0990. The molecule has 1 aromatic carbocycles. The highest BCUT2D eigenvalue weighted by Crippen LogP contribution is 2.48. The fourth-order valence-electron chi connectivity index (χ4n) is 5.89. The monoisotopic (exact) mass is 716 g/mol. The van der Waals surface area contributed by atoms with Crippen LogP contribution in [0.2, 0.25) is 36.3 Å². The maximum Gasteiger partial charge on any atom is 0.303 e. The number of benzene rings is 1. The number of carboxylic acid groups (broad SMARTS) is 1. The van der Waals surface area contributed by atoms with Crippen LogP contribution in [0.4, 0.5) is 0 Å². The van der Waals surface area contributed by atoms with E-state index in [-0.39, 0.29) is 34.6 Å². The van der Waals surface area contributed by atoms with Crippen molar-refractivity contribution in [1.29, 1.82) is 0 Å². The maximum absolute atomic E-state index is 11.1. The summed E-state index contributed by atoms with van der Waals surface area (Å²) in [6.45, 7) is 28.3. The summed E-state index contributed by atoms with van der Waals surface area (Å²) < 4.78 is 14.5. The van der Waals surface area contributed by atoms with Gasteiger partial charge >= 0.3 is 5.97 Å². The van der Waals surface area contributed by atoms with Gasteiger partial charge in [-0.1, -0.05) is 129 Å². The third-order valence-corrected chi connectivity index (χ3v) is 21.4. The number of carbonyl (C=O) groups is 1. The van der Waals surface area contributed by atoms with Gasteiger partial charge in [0.25, 0.3) is 0 Å². The molecule has 2 unspecified atom stereocenters. The fraction of sp³-hybridized carbons (Fsp3) is 0.732. The van der Waals surface area contributed by atoms with Crippen molar-refractivity contribution in [2.75, 3.05) is 5.75 Å². The lowest BCUT2D eigenvalue weighted by molar-refractivity contribution is -0.137. The van der Waals surface area contributed by atoms with Gasteiger partial charge in [-0.3, -0.25) is 4.79 Å². The molecule has 48 heavy (non-hydrogen) atoms. The van der Waals surface area contributed by atoms with Crippen molar-refractivity contribution >= 4 is 34.4 Å². The third-order valence-electron chi connectivity index (χ3n) is 11.1. The van der Waals surface area contributed by atoms with Gasteiger partial charge in [-0.25, -0.2) is 0 Å². The highest BCUT2D eigenvalue weighted by molar-refractivity contribution is 8.03. The summed E-state index contributed by atoms with van der Waals surface area (Å²) >= 11 is 2.01. The second-order valence-electron chi connectivity index (χ2n) is 17.4. The number of aryl methyl sites for hydroxylation is 1. The Kier molecular flexibility index (Phi) is 17.5. The van der Waals surface area contributed by atoms with E-state index < -0.39 is 22.6 Å². The maximum atomic E-state index is 11.1. The molecule has 4 nitrogen and oxygen atoms in total. The van der Waals surface area contributed by atoms with Crippen LogP contribution >= 0.6 is 11.8 Å². The Bertz CT molecular complexity index is 1160. The average molecular weight is 717 g/mol. The van der Waals surface area contributed by atoms with Crippen LogP contribution in [-0.2, 0) is 20.1 Å². The first-order valence-corrected chi connectivity index (χ1v) is 25.7. The molecule has 1 aliphatic rings. The molecule has 0 aromatic heterocycles. The van der Waals surface area contributed by atoms with Gasteiger partial charge in [0.15, 0.2) is 16.6 Å². The molecule has 7 heteroatoms. The summed E-state index contributed by atoms with van der Waals surface area (Å²) in [5.41, 5.74) is 2.93. The molecular weight excluding hydrogens is 645 g/mol. The van der Waals surface area contributed by atoms with E-state index >= 15 is 0 Å². The Morgan fingerprint density at radius 3 is 2.19 bits per heavy atom. The number of carboxylic acids is 1. The summed E-state index contributed by atoms with van der Waals surface area (Å²) in [7, 11) is -4.01. The predicted octanol–water partition coefficient (Wildman–Crippen LogP) is 12.8. The molecule has 0 bridgehead atoms. The van der Waals surface area contributed by atoms with Crippen molar-refractivity contribution in [2.45, 2.75) is 174 Å². The summed E-state index contributed by atoms with van der Waals surface area (Å²) in [4.78, 5) is 12.6. The summed E-state index contributed by atoms with van der Waals surface area (Å²) in [5, 5.41) is 9.41. The van der Waals surface area contributed by atoms with Crippen molar-refractivity contribution in [3.63, 3.8) is 0 Å². The van der Waals surface area contributed by atoms with Crippen LogP contribution in [0.25, 0.3) is 0 Å². The zero-order valence-electron chi connectivity index (χ0n) is 32.9. The van der Waals surface area contributed by atoms with E-state index in [0.717, 1.165) is 50.7 Å². The van der Waals surface area contributed by atoms with Crippen molar-refractivity contribution in [1.82, 2.24) is 0 Å². The Morgan fingerprint density at radius 1 is 0.958 bits per heavy atom. The van der Waals surface area contributed by atoms with Crippen molar-refractivity contribution < 1.29 is 18.8 Å². The average Bonchev–Trinajstić information content (AvgIpc) is 3.29. The van der Waals surface area contributed by atoms with Gasteiger partial charge in [0.2, 0.25) is 0 Å². The number of unbranched alkanes of at least 4 members (excludes halogenated alkanes) is 3. The SMILES string of the molecule is CCCCC(C)CC(/C=C/[C@@H]1C(SCCCCCC(=O)O)=C(CCc2ccccc2)C[C@H]1O[Si](C)(C)C(C)(C)C)O[Si](C)(C)C(C)(C)C. The number of rotatable bonds is 21. The molecule has 4 atom stereocenters. The van der Waals surface area contributed by atoms with E-state index in [1.807, 2.05) is 11.8 Å². The van der Waals surface area contributed by atoms with E-state index in [1.54, 1.807) is 5.57 Å². The lowest BCUT2D eigenvalue weighted by Crippen LogP contribution is -2.45. The molecule has 0 aliphatic heterocycles. The van der Waals surface area contributed by atoms with Crippen LogP contribution in [0.5, 0.6) is 0 Å². The molecule has 1 N–H and O–H groups in total. The molecular formula is C41H72O4SSi2. The molecule has 0 radical (unpaired) electrons. The van der Waals surface area contributed by atoms with E-state index in [4.69, 9.17) is 14.0 Å².